The maximum Gasteiger partial charge on any atom is 0.226 e. The van der Waals surface area contributed by atoms with Crippen LogP contribution >= 0.6 is 0 Å². The van der Waals surface area contributed by atoms with Crippen molar-refractivity contribution in [3.8, 4) is 6.07 Å². The summed E-state index contributed by atoms with van der Waals surface area (Å²) < 4.78 is 0. The first-order valence-corrected chi connectivity index (χ1v) is 6.91. The van der Waals surface area contributed by atoms with E-state index in [1.165, 1.54) is 6.42 Å². The van der Waals surface area contributed by atoms with Gasteiger partial charge in [-0.1, -0.05) is 18.6 Å². The Labute approximate surface area is 114 Å². The van der Waals surface area contributed by atoms with Gasteiger partial charge in [0.05, 0.1) is 11.6 Å². The number of hydrogen-bond acceptors (Lipinski definition) is 2. The van der Waals surface area contributed by atoms with Gasteiger partial charge in [-0.25, -0.2) is 0 Å². The molecule has 0 radical (unpaired) electrons. The Morgan fingerprint density at radius 1 is 1.37 bits per heavy atom. The molecule has 1 saturated carbocycles. The van der Waals surface area contributed by atoms with Crippen LogP contribution in [-0.2, 0) is 11.3 Å². The second kappa shape index (κ2) is 5.88. The summed E-state index contributed by atoms with van der Waals surface area (Å²) in [6, 6.07) is 9.80. The van der Waals surface area contributed by atoms with E-state index in [-0.39, 0.29) is 17.9 Å². The van der Waals surface area contributed by atoms with Crippen LogP contribution in [0, 0.1) is 17.2 Å². The number of carbonyl (C=O) groups excluding carboxylic acids is 1. The molecule has 0 aliphatic heterocycles. The lowest BCUT2D eigenvalue weighted by molar-refractivity contribution is -0.140. The predicted molar refractivity (Wildman–Crippen MR) is 74.2 cm³/mol. The lowest BCUT2D eigenvalue weighted by Gasteiger charge is -2.34. The monoisotopic (exact) mass is 256 g/mol. The first-order chi connectivity index (χ1) is 9.11. The van der Waals surface area contributed by atoms with E-state index in [1.54, 1.807) is 0 Å². The summed E-state index contributed by atoms with van der Waals surface area (Å²) in [5.41, 5.74) is 1.74. The summed E-state index contributed by atoms with van der Waals surface area (Å²) in [5.74, 6) is 0.520. The van der Waals surface area contributed by atoms with Gasteiger partial charge in [0.15, 0.2) is 0 Å². The highest BCUT2D eigenvalue weighted by Gasteiger charge is 2.30. The Kier molecular flexibility index (Phi) is 4.21. The molecule has 0 unspecified atom stereocenters. The number of rotatable bonds is 4. The normalized spacial score (nSPS) is 14.8. The van der Waals surface area contributed by atoms with Crippen molar-refractivity contribution < 1.29 is 4.79 Å². The number of amides is 1. The van der Waals surface area contributed by atoms with Crippen molar-refractivity contribution in [1.29, 1.82) is 5.26 Å². The van der Waals surface area contributed by atoms with Crippen molar-refractivity contribution in [2.45, 2.75) is 45.7 Å². The zero-order chi connectivity index (χ0) is 13.8. The first-order valence-electron chi connectivity index (χ1n) is 6.91. The van der Waals surface area contributed by atoms with Gasteiger partial charge in [0.2, 0.25) is 5.91 Å². The van der Waals surface area contributed by atoms with Crippen LogP contribution in [0.25, 0.3) is 0 Å². The van der Waals surface area contributed by atoms with Gasteiger partial charge in [-0.05, 0) is 44.4 Å². The molecule has 0 aromatic heterocycles. The molecule has 0 atom stereocenters. The van der Waals surface area contributed by atoms with E-state index in [2.05, 4.69) is 19.9 Å². The van der Waals surface area contributed by atoms with E-state index < -0.39 is 0 Å². The van der Waals surface area contributed by atoms with Crippen LogP contribution in [0.5, 0.6) is 0 Å². The van der Waals surface area contributed by atoms with E-state index in [0.29, 0.717) is 12.1 Å². The van der Waals surface area contributed by atoms with E-state index in [9.17, 15) is 4.79 Å². The minimum atomic E-state index is 0.212. The topological polar surface area (TPSA) is 44.1 Å². The fourth-order valence-electron chi connectivity index (χ4n) is 2.29. The van der Waals surface area contributed by atoms with Crippen LogP contribution in [0.1, 0.15) is 44.2 Å². The van der Waals surface area contributed by atoms with Gasteiger partial charge in [-0.2, -0.15) is 5.26 Å². The Balaban J connectivity index is 2.07. The Hall–Kier alpha value is -1.82. The van der Waals surface area contributed by atoms with Crippen LogP contribution in [-0.4, -0.2) is 16.8 Å². The van der Waals surface area contributed by atoms with Gasteiger partial charge < -0.3 is 4.90 Å². The van der Waals surface area contributed by atoms with Gasteiger partial charge in [0, 0.05) is 18.5 Å². The molecule has 2 rings (SSSR count). The predicted octanol–water partition coefficient (Wildman–Crippen LogP) is 3.10. The second-order valence-corrected chi connectivity index (χ2v) is 5.50. The molecule has 0 saturated heterocycles. The van der Waals surface area contributed by atoms with Crippen LogP contribution < -0.4 is 0 Å². The first kappa shape index (κ1) is 13.6. The second-order valence-electron chi connectivity index (χ2n) is 5.50. The van der Waals surface area contributed by atoms with Crippen molar-refractivity contribution in [2.75, 3.05) is 0 Å². The molecule has 0 spiro atoms. The summed E-state index contributed by atoms with van der Waals surface area (Å²) in [6.07, 6.45) is 3.25. The van der Waals surface area contributed by atoms with Crippen LogP contribution in [0.15, 0.2) is 24.3 Å². The third kappa shape index (κ3) is 3.14. The van der Waals surface area contributed by atoms with Crippen molar-refractivity contribution in [3.05, 3.63) is 35.4 Å². The Morgan fingerprint density at radius 3 is 2.42 bits per heavy atom. The van der Waals surface area contributed by atoms with E-state index in [4.69, 9.17) is 5.26 Å². The highest BCUT2D eigenvalue weighted by atomic mass is 16.2. The smallest absolute Gasteiger partial charge is 0.226 e. The molecule has 1 fully saturated rings. The number of carbonyl (C=O) groups is 1. The molecule has 0 N–H and O–H groups in total. The van der Waals surface area contributed by atoms with Crippen molar-refractivity contribution >= 4 is 5.91 Å². The standard InChI is InChI=1S/C16H20N2O/c1-12(2)18(16(19)15-4-3-5-15)11-14-8-6-13(10-17)7-9-14/h6-9,12,15H,3-5,11H2,1-2H3. The number of hydrogen-bond donors (Lipinski definition) is 0. The maximum atomic E-state index is 12.4. The molecule has 1 aliphatic carbocycles. The maximum absolute atomic E-state index is 12.4. The molecule has 1 amide bonds. The highest BCUT2D eigenvalue weighted by molar-refractivity contribution is 5.79. The number of nitrogens with zero attached hydrogens (tertiary/aromatic N) is 2. The molecule has 0 heterocycles. The van der Waals surface area contributed by atoms with Crippen molar-refractivity contribution in [1.82, 2.24) is 4.90 Å². The third-order valence-corrected chi connectivity index (χ3v) is 3.80. The molecule has 19 heavy (non-hydrogen) atoms. The quantitative estimate of drug-likeness (QED) is 0.831. The van der Waals surface area contributed by atoms with Gasteiger partial charge in [0.25, 0.3) is 0 Å². The van der Waals surface area contributed by atoms with Gasteiger partial charge >= 0.3 is 0 Å². The minimum absolute atomic E-state index is 0.212. The minimum Gasteiger partial charge on any atom is -0.336 e. The largest absolute Gasteiger partial charge is 0.336 e. The lowest BCUT2D eigenvalue weighted by Crippen LogP contribution is -2.42. The van der Waals surface area contributed by atoms with E-state index >= 15 is 0 Å². The number of nitriles is 1. The summed E-state index contributed by atoms with van der Waals surface area (Å²) in [7, 11) is 0. The van der Waals surface area contributed by atoms with E-state index in [0.717, 1.165) is 18.4 Å². The summed E-state index contributed by atoms with van der Waals surface area (Å²) in [4.78, 5) is 14.3. The fraction of sp³-hybridized carbons (Fsp3) is 0.500. The molecular weight excluding hydrogens is 236 g/mol. The van der Waals surface area contributed by atoms with Crippen molar-refractivity contribution in [3.63, 3.8) is 0 Å². The lowest BCUT2D eigenvalue weighted by atomic mass is 9.84. The van der Waals surface area contributed by atoms with Crippen molar-refractivity contribution in [2.24, 2.45) is 5.92 Å². The Bertz CT molecular complexity index is 480. The molecule has 1 aromatic rings. The van der Waals surface area contributed by atoms with Gasteiger partial charge in [0.1, 0.15) is 0 Å². The van der Waals surface area contributed by atoms with Gasteiger partial charge in [-0.3, -0.25) is 4.79 Å². The number of benzene rings is 1. The SMILES string of the molecule is CC(C)N(Cc1ccc(C#N)cc1)C(=O)C1CCC1. The highest BCUT2D eigenvalue weighted by Crippen LogP contribution is 2.29. The molecule has 100 valence electrons. The zero-order valence-electron chi connectivity index (χ0n) is 11.6. The molecule has 3 heteroatoms. The fourth-order valence-corrected chi connectivity index (χ4v) is 2.29. The average Bonchev–Trinajstić information content (AvgIpc) is 2.34. The van der Waals surface area contributed by atoms with Crippen LogP contribution in [0.3, 0.4) is 0 Å². The molecule has 1 aliphatic rings. The Morgan fingerprint density at radius 2 is 2.00 bits per heavy atom. The van der Waals surface area contributed by atoms with Gasteiger partial charge in [-0.15, -0.1) is 0 Å². The molecular formula is C16H20N2O. The molecule has 1 aromatic carbocycles. The summed E-state index contributed by atoms with van der Waals surface area (Å²) >= 11 is 0. The molecule has 3 nitrogen and oxygen atoms in total. The third-order valence-electron chi connectivity index (χ3n) is 3.80. The molecule has 0 bridgehead atoms. The van der Waals surface area contributed by atoms with Crippen LogP contribution in [0.2, 0.25) is 0 Å². The zero-order valence-corrected chi connectivity index (χ0v) is 11.6. The summed E-state index contributed by atoms with van der Waals surface area (Å²) in [5, 5.41) is 8.78. The van der Waals surface area contributed by atoms with E-state index in [1.807, 2.05) is 29.2 Å². The average molecular weight is 256 g/mol. The van der Waals surface area contributed by atoms with Crippen LogP contribution in [0.4, 0.5) is 0 Å². The summed E-state index contributed by atoms with van der Waals surface area (Å²) in [6.45, 7) is 4.75.